The van der Waals surface area contributed by atoms with Crippen LogP contribution in [0.5, 0.6) is 5.75 Å². The zero-order valence-corrected chi connectivity index (χ0v) is 12.3. The van der Waals surface area contributed by atoms with Gasteiger partial charge in [0.25, 0.3) is 0 Å². The van der Waals surface area contributed by atoms with Gasteiger partial charge in [-0.1, -0.05) is 36.4 Å². The van der Waals surface area contributed by atoms with E-state index in [4.69, 9.17) is 10.6 Å². The summed E-state index contributed by atoms with van der Waals surface area (Å²) in [5, 5.41) is 0. The molecule has 106 valence electrons. The first kappa shape index (κ1) is 14.6. The van der Waals surface area contributed by atoms with Crippen LogP contribution in [0.3, 0.4) is 0 Å². The molecular weight excluding hydrogens is 248 g/mol. The van der Waals surface area contributed by atoms with E-state index in [1.807, 2.05) is 18.2 Å². The molecule has 0 saturated heterocycles. The van der Waals surface area contributed by atoms with E-state index in [0.717, 1.165) is 17.7 Å². The molecule has 0 aliphatic heterocycles. The van der Waals surface area contributed by atoms with Crippen LogP contribution in [0, 0.1) is 13.8 Å². The molecule has 0 aliphatic rings. The Bertz CT molecular complexity index is 581. The minimum atomic E-state index is 0.0746. The molecule has 0 heterocycles. The Morgan fingerprint density at radius 3 is 2.50 bits per heavy atom. The number of benzene rings is 2. The zero-order chi connectivity index (χ0) is 14.5. The smallest absolute Gasteiger partial charge is 0.122 e. The molecule has 0 aromatic heterocycles. The van der Waals surface area contributed by atoms with E-state index in [1.165, 1.54) is 16.7 Å². The second-order valence-electron chi connectivity index (χ2n) is 5.08. The van der Waals surface area contributed by atoms with Crippen LogP contribution in [0.15, 0.2) is 42.5 Å². The van der Waals surface area contributed by atoms with Gasteiger partial charge in [-0.2, -0.15) is 0 Å². The highest BCUT2D eigenvalue weighted by atomic mass is 16.5. The fraction of sp³-hybridized carbons (Fsp3) is 0.294. The molecule has 2 aromatic rings. The number of methoxy groups -OCH3 is 1. The monoisotopic (exact) mass is 270 g/mol. The Morgan fingerprint density at radius 2 is 1.85 bits per heavy atom. The van der Waals surface area contributed by atoms with Gasteiger partial charge in [0.1, 0.15) is 5.75 Å². The Morgan fingerprint density at radius 1 is 1.10 bits per heavy atom. The maximum Gasteiger partial charge on any atom is 0.122 e. The van der Waals surface area contributed by atoms with Gasteiger partial charge in [0.05, 0.1) is 13.2 Å². The van der Waals surface area contributed by atoms with Crippen molar-refractivity contribution >= 4 is 0 Å². The Labute approximate surface area is 120 Å². The van der Waals surface area contributed by atoms with Gasteiger partial charge >= 0.3 is 0 Å². The summed E-state index contributed by atoms with van der Waals surface area (Å²) in [6.45, 7) is 4.24. The molecule has 0 saturated carbocycles. The third-order valence-corrected chi connectivity index (χ3v) is 3.75. The molecule has 3 N–H and O–H groups in total. The molecular formula is C17H22N2O. The summed E-state index contributed by atoms with van der Waals surface area (Å²) in [6, 6.07) is 14.6. The number of aryl methyl sites for hydroxylation is 2. The van der Waals surface area contributed by atoms with E-state index in [9.17, 15) is 0 Å². The normalized spacial score (nSPS) is 12.2. The minimum absolute atomic E-state index is 0.0746. The summed E-state index contributed by atoms with van der Waals surface area (Å²) in [6.07, 6.45) is 0.795. The molecule has 0 spiro atoms. The van der Waals surface area contributed by atoms with Crippen LogP contribution in [0.4, 0.5) is 0 Å². The van der Waals surface area contributed by atoms with E-state index in [1.54, 1.807) is 7.11 Å². The fourth-order valence-electron chi connectivity index (χ4n) is 2.35. The van der Waals surface area contributed by atoms with Crippen LogP contribution in [-0.2, 0) is 6.42 Å². The third-order valence-electron chi connectivity index (χ3n) is 3.75. The average Bonchev–Trinajstić information content (AvgIpc) is 2.48. The topological polar surface area (TPSA) is 47.3 Å². The summed E-state index contributed by atoms with van der Waals surface area (Å²) in [5.41, 5.74) is 7.83. The first-order valence-corrected chi connectivity index (χ1v) is 6.81. The number of para-hydroxylation sites is 1. The Kier molecular flexibility index (Phi) is 4.77. The lowest BCUT2D eigenvalue weighted by Crippen LogP contribution is -2.29. The zero-order valence-electron chi connectivity index (χ0n) is 12.3. The predicted octanol–water partition coefficient (Wildman–Crippen LogP) is 3.06. The van der Waals surface area contributed by atoms with Gasteiger partial charge in [0.15, 0.2) is 0 Å². The van der Waals surface area contributed by atoms with Crippen LogP contribution >= 0.6 is 0 Å². The second kappa shape index (κ2) is 6.55. The molecule has 0 bridgehead atoms. The largest absolute Gasteiger partial charge is 0.496 e. The fourth-order valence-corrected chi connectivity index (χ4v) is 2.35. The molecule has 1 unspecified atom stereocenters. The molecule has 3 nitrogen and oxygen atoms in total. The van der Waals surface area contributed by atoms with Crippen molar-refractivity contribution in [2.45, 2.75) is 26.3 Å². The van der Waals surface area contributed by atoms with Crippen molar-refractivity contribution in [2.24, 2.45) is 5.84 Å². The number of nitrogens with two attached hydrogens (primary N) is 1. The number of rotatable bonds is 5. The third kappa shape index (κ3) is 3.18. The molecule has 1 atom stereocenters. The molecule has 2 aromatic carbocycles. The maximum atomic E-state index is 5.74. The van der Waals surface area contributed by atoms with Gasteiger partial charge in [-0.05, 0) is 48.6 Å². The molecule has 0 radical (unpaired) electrons. The SMILES string of the molecule is COc1ccccc1CC(NN)c1ccc(C)c(C)c1. The van der Waals surface area contributed by atoms with Crippen LogP contribution < -0.4 is 16.0 Å². The lowest BCUT2D eigenvalue weighted by atomic mass is 9.96. The van der Waals surface area contributed by atoms with Crippen molar-refractivity contribution in [3.8, 4) is 5.75 Å². The van der Waals surface area contributed by atoms with Gasteiger partial charge in [0.2, 0.25) is 0 Å². The summed E-state index contributed by atoms with van der Waals surface area (Å²) in [4.78, 5) is 0. The van der Waals surface area contributed by atoms with E-state index in [0.29, 0.717) is 0 Å². The van der Waals surface area contributed by atoms with Gasteiger partial charge in [-0.25, -0.2) is 0 Å². The highest BCUT2D eigenvalue weighted by Gasteiger charge is 2.13. The molecule has 0 aliphatic carbocycles. The van der Waals surface area contributed by atoms with Crippen molar-refractivity contribution in [1.82, 2.24) is 5.43 Å². The quantitative estimate of drug-likeness (QED) is 0.648. The van der Waals surface area contributed by atoms with Crippen molar-refractivity contribution in [3.05, 3.63) is 64.7 Å². The van der Waals surface area contributed by atoms with E-state index in [2.05, 4.69) is 43.5 Å². The van der Waals surface area contributed by atoms with E-state index < -0.39 is 0 Å². The van der Waals surface area contributed by atoms with Gasteiger partial charge < -0.3 is 4.74 Å². The van der Waals surface area contributed by atoms with Crippen molar-refractivity contribution in [2.75, 3.05) is 7.11 Å². The van der Waals surface area contributed by atoms with Gasteiger partial charge in [-0.3, -0.25) is 11.3 Å². The van der Waals surface area contributed by atoms with E-state index in [-0.39, 0.29) is 6.04 Å². The lowest BCUT2D eigenvalue weighted by molar-refractivity contribution is 0.405. The summed E-state index contributed by atoms with van der Waals surface area (Å²) < 4.78 is 5.40. The van der Waals surface area contributed by atoms with Crippen molar-refractivity contribution in [1.29, 1.82) is 0 Å². The van der Waals surface area contributed by atoms with Crippen LogP contribution in [0.2, 0.25) is 0 Å². The maximum absolute atomic E-state index is 5.74. The number of hydrazine groups is 1. The van der Waals surface area contributed by atoms with Gasteiger partial charge in [-0.15, -0.1) is 0 Å². The summed E-state index contributed by atoms with van der Waals surface area (Å²) in [7, 11) is 1.69. The highest BCUT2D eigenvalue weighted by Crippen LogP contribution is 2.25. The second-order valence-corrected chi connectivity index (χ2v) is 5.08. The number of hydrogen-bond donors (Lipinski definition) is 2. The average molecular weight is 270 g/mol. The number of hydrogen-bond acceptors (Lipinski definition) is 3. The van der Waals surface area contributed by atoms with Crippen molar-refractivity contribution < 1.29 is 4.74 Å². The van der Waals surface area contributed by atoms with E-state index >= 15 is 0 Å². The first-order valence-electron chi connectivity index (χ1n) is 6.81. The number of nitrogens with one attached hydrogen (secondary N) is 1. The summed E-state index contributed by atoms with van der Waals surface area (Å²) in [5.74, 6) is 6.64. The first-order chi connectivity index (χ1) is 9.65. The van der Waals surface area contributed by atoms with Crippen LogP contribution in [0.1, 0.15) is 28.3 Å². The molecule has 0 fully saturated rings. The minimum Gasteiger partial charge on any atom is -0.496 e. The Hall–Kier alpha value is -1.84. The molecule has 0 amide bonds. The number of ether oxygens (including phenoxy) is 1. The van der Waals surface area contributed by atoms with Crippen LogP contribution in [-0.4, -0.2) is 7.11 Å². The van der Waals surface area contributed by atoms with Crippen LogP contribution in [0.25, 0.3) is 0 Å². The van der Waals surface area contributed by atoms with Crippen molar-refractivity contribution in [3.63, 3.8) is 0 Å². The lowest BCUT2D eigenvalue weighted by Gasteiger charge is -2.19. The molecule has 20 heavy (non-hydrogen) atoms. The standard InChI is InChI=1S/C17H22N2O/c1-12-8-9-14(10-13(12)2)16(19-18)11-15-6-4-5-7-17(15)20-3/h4-10,16,19H,11,18H2,1-3H3. The molecule has 2 rings (SSSR count). The Balaban J connectivity index is 2.26. The van der Waals surface area contributed by atoms with Gasteiger partial charge in [0, 0.05) is 0 Å². The highest BCUT2D eigenvalue weighted by molar-refractivity contribution is 5.37. The summed E-state index contributed by atoms with van der Waals surface area (Å²) >= 11 is 0. The predicted molar refractivity (Wildman–Crippen MR) is 82.7 cm³/mol. The molecule has 3 heteroatoms.